The van der Waals surface area contributed by atoms with Gasteiger partial charge in [0.25, 0.3) is 5.91 Å². The second-order valence-electron chi connectivity index (χ2n) is 5.29. The molecule has 0 spiro atoms. The Morgan fingerprint density at radius 2 is 1.89 bits per heavy atom. The third kappa shape index (κ3) is 3.13. The maximum Gasteiger partial charge on any atom is 0.251 e. The first kappa shape index (κ1) is 13.6. The van der Waals surface area contributed by atoms with Gasteiger partial charge < -0.3 is 10.2 Å². The highest BCUT2D eigenvalue weighted by atomic mass is 16.2. The van der Waals surface area contributed by atoms with E-state index < -0.39 is 0 Å². The molecule has 1 aliphatic carbocycles. The summed E-state index contributed by atoms with van der Waals surface area (Å²) in [6.07, 6.45) is 1.01. The molecule has 1 aromatic rings. The number of carbonyl (C=O) groups is 2. The predicted octanol–water partition coefficient (Wildman–Crippen LogP) is 1.66. The van der Waals surface area contributed by atoms with Crippen molar-refractivity contribution < 1.29 is 9.59 Å². The standard InChI is InChI=1S/C15H20N2O2/c1-10-8-13(10)15(19)17(3)9-11-4-6-12(7-5-11)14(18)16-2/h4-7,10,13H,8-9H2,1-3H3,(H,16,18)/t10-,13+/m0/s1. The maximum absolute atomic E-state index is 12.0. The van der Waals surface area contributed by atoms with E-state index in [1.54, 1.807) is 24.1 Å². The number of carbonyl (C=O) groups excluding carboxylic acids is 2. The van der Waals surface area contributed by atoms with Crippen LogP contribution in [0, 0.1) is 11.8 Å². The van der Waals surface area contributed by atoms with Gasteiger partial charge in [0.05, 0.1) is 0 Å². The molecule has 0 aliphatic heterocycles. The highest BCUT2D eigenvalue weighted by Crippen LogP contribution is 2.39. The number of benzene rings is 1. The van der Waals surface area contributed by atoms with Gasteiger partial charge in [0, 0.05) is 32.1 Å². The molecule has 1 aromatic carbocycles. The lowest BCUT2D eigenvalue weighted by atomic mass is 10.1. The van der Waals surface area contributed by atoms with Crippen molar-refractivity contribution in [3.05, 3.63) is 35.4 Å². The number of nitrogens with one attached hydrogen (secondary N) is 1. The molecule has 0 unspecified atom stereocenters. The Kier molecular flexibility index (Phi) is 3.88. The zero-order valence-electron chi connectivity index (χ0n) is 11.6. The number of amides is 2. The van der Waals surface area contributed by atoms with Gasteiger partial charge in [0.1, 0.15) is 0 Å². The predicted molar refractivity (Wildman–Crippen MR) is 73.6 cm³/mol. The molecule has 4 heteroatoms. The van der Waals surface area contributed by atoms with E-state index in [2.05, 4.69) is 12.2 Å². The molecule has 1 aliphatic rings. The van der Waals surface area contributed by atoms with Crippen LogP contribution in [0.15, 0.2) is 24.3 Å². The number of nitrogens with zero attached hydrogens (tertiary/aromatic N) is 1. The summed E-state index contributed by atoms with van der Waals surface area (Å²) < 4.78 is 0. The third-order valence-electron chi connectivity index (χ3n) is 3.67. The summed E-state index contributed by atoms with van der Waals surface area (Å²) >= 11 is 0. The third-order valence-corrected chi connectivity index (χ3v) is 3.67. The molecule has 0 bridgehead atoms. The van der Waals surface area contributed by atoms with Gasteiger partial charge in [-0.05, 0) is 30.0 Å². The van der Waals surface area contributed by atoms with Gasteiger partial charge in [0.15, 0.2) is 0 Å². The van der Waals surface area contributed by atoms with E-state index in [1.165, 1.54) is 0 Å². The van der Waals surface area contributed by atoms with Crippen molar-refractivity contribution in [2.24, 2.45) is 11.8 Å². The Morgan fingerprint density at radius 3 is 2.37 bits per heavy atom. The summed E-state index contributed by atoms with van der Waals surface area (Å²) in [7, 11) is 3.44. The molecule has 4 nitrogen and oxygen atoms in total. The molecule has 19 heavy (non-hydrogen) atoms. The first-order chi connectivity index (χ1) is 9.02. The van der Waals surface area contributed by atoms with E-state index in [0.29, 0.717) is 18.0 Å². The van der Waals surface area contributed by atoms with Crippen molar-refractivity contribution >= 4 is 11.8 Å². The average molecular weight is 260 g/mol. The quantitative estimate of drug-likeness (QED) is 0.895. The van der Waals surface area contributed by atoms with Gasteiger partial charge in [-0.2, -0.15) is 0 Å². The fourth-order valence-electron chi connectivity index (χ4n) is 2.21. The van der Waals surface area contributed by atoms with Crippen LogP contribution >= 0.6 is 0 Å². The van der Waals surface area contributed by atoms with E-state index in [0.717, 1.165) is 12.0 Å². The van der Waals surface area contributed by atoms with Crippen LogP contribution in [0.25, 0.3) is 0 Å². The van der Waals surface area contributed by atoms with Crippen LogP contribution in [0.3, 0.4) is 0 Å². The monoisotopic (exact) mass is 260 g/mol. The van der Waals surface area contributed by atoms with Gasteiger partial charge in [-0.25, -0.2) is 0 Å². The highest BCUT2D eigenvalue weighted by molar-refractivity contribution is 5.93. The number of hydrogen-bond acceptors (Lipinski definition) is 2. The Labute approximate surface area is 113 Å². The van der Waals surface area contributed by atoms with Crippen molar-refractivity contribution in [1.82, 2.24) is 10.2 Å². The molecule has 102 valence electrons. The van der Waals surface area contributed by atoms with Crippen LogP contribution in [0.1, 0.15) is 29.3 Å². The van der Waals surface area contributed by atoms with E-state index in [-0.39, 0.29) is 17.7 Å². The molecule has 2 atom stereocenters. The second kappa shape index (κ2) is 5.43. The topological polar surface area (TPSA) is 49.4 Å². The lowest BCUT2D eigenvalue weighted by Gasteiger charge is -2.17. The van der Waals surface area contributed by atoms with Crippen LogP contribution in [0.2, 0.25) is 0 Å². The smallest absolute Gasteiger partial charge is 0.251 e. The fourth-order valence-corrected chi connectivity index (χ4v) is 2.21. The zero-order chi connectivity index (χ0) is 14.0. The highest BCUT2D eigenvalue weighted by Gasteiger charge is 2.40. The molecular formula is C15H20N2O2. The number of hydrogen-bond donors (Lipinski definition) is 1. The Bertz CT molecular complexity index is 481. The Morgan fingerprint density at radius 1 is 1.32 bits per heavy atom. The van der Waals surface area contributed by atoms with Crippen LogP contribution in [0.4, 0.5) is 0 Å². The van der Waals surface area contributed by atoms with Crippen LogP contribution in [-0.2, 0) is 11.3 Å². The van der Waals surface area contributed by atoms with Gasteiger partial charge in [0.2, 0.25) is 5.91 Å². The summed E-state index contributed by atoms with van der Waals surface area (Å²) in [5, 5.41) is 2.58. The van der Waals surface area contributed by atoms with E-state index in [4.69, 9.17) is 0 Å². The molecule has 0 radical (unpaired) electrons. The molecule has 1 saturated carbocycles. The summed E-state index contributed by atoms with van der Waals surface area (Å²) in [5.74, 6) is 0.881. The van der Waals surface area contributed by atoms with Gasteiger partial charge in [-0.15, -0.1) is 0 Å². The molecule has 0 heterocycles. The first-order valence-electron chi connectivity index (χ1n) is 6.59. The zero-order valence-corrected chi connectivity index (χ0v) is 11.6. The van der Waals surface area contributed by atoms with Crippen LogP contribution in [-0.4, -0.2) is 30.8 Å². The van der Waals surface area contributed by atoms with Gasteiger partial charge in [-0.3, -0.25) is 9.59 Å². The van der Waals surface area contributed by atoms with Crippen LogP contribution < -0.4 is 5.32 Å². The molecule has 0 aromatic heterocycles. The number of rotatable bonds is 4. The molecular weight excluding hydrogens is 240 g/mol. The summed E-state index contributed by atoms with van der Waals surface area (Å²) in [5.41, 5.74) is 1.67. The largest absolute Gasteiger partial charge is 0.355 e. The Hall–Kier alpha value is -1.84. The minimum Gasteiger partial charge on any atom is -0.355 e. The molecule has 1 N–H and O–H groups in total. The van der Waals surface area contributed by atoms with Crippen molar-refractivity contribution in [1.29, 1.82) is 0 Å². The van der Waals surface area contributed by atoms with Crippen molar-refractivity contribution in [3.8, 4) is 0 Å². The minimum absolute atomic E-state index is 0.0946. The Balaban J connectivity index is 1.95. The summed E-state index contributed by atoms with van der Waals surface area (Å²) in [6.45, 7) is 2.70. The van der Waals surface area contributed by atoms with E-state index in [9.17, 15) is 9.59 Å². The van der Waals surface area contributed by atoms with Crippen molar-refractivity contribution in [3.63, 3.8) is 0 Å². The van der Waals surface area contributed by atoms with E-state index in [1.807, 2.05) is 19.2 Å². The molecule has 1 fully saturated rings. The summed E-state index contributed by atoms with van der Waals surface area (Å²) in [4.78, 5) is 25.2. The van der Waals surface area contributed by atoms with E-state index >= 15 is 0 Å². The van der Waals surface area contributed by atoms with Crippen molar-refractivity contribution in [2.45, 2.75) is 19.9 Å². The lowest BCUT2D eigenvalue weighted by molar-refractivity contribution is -0.132. The van der Waals surface area contributed by atoms with Crippen LogP contribution in [0.5, 0.6) is 0 Å². The minimum atomic E-state index is -0.0946. The molecule has 2 amide bonds. The van der Waals surface area contributed by atoms with Gasteiger partial charge >= 0.3 is 0 Å². The van der Waals surface area contributed by atoms with Crippen molar-refractivity contribution in [2.75, 3.05) is 14.1 Å². The van der Waals surface area contributed by atoms with Gasteiger partial charge in [-0.1, -0.05) is 19.1 Å². The fraction of sp³-hybridized carbons (Fsp3) is 0.467. The average Bonchev–Trinajstić information content (AvgIpc) is 3.14. The first-order valence-corrected chi connectivity index (χ1v) is 6.59. The maximum atomic E-state index is 12.0. The molecule has 2 rings (SSSR count). The molecule has 0 saturated heterocycles. The lowest BCUT2D eigenvalue weighted by Crippen LogP contribution is -2.28. The second-order valence-corrected chi connectivity index (χ2v) is 5.29. The SMILES string of the molecule is CNC(=O)c1ccc(CN(C)C(=O)[C@@H]2C[C@@H]2C)cc1. The summed E-state index contributed by atoms with van der Waals surface area (Å²) in [6, 6.07) is 7.35. The normalized spacial score (nSPS) is 20.8.